The van der Waals surface area contributed by atoms with Crippen LogP contribution < -0.4 is 11.3 Å². The Labute approximate surface area is 108 Å². The van der Waals surface area contributed by atoms with Crippen LogP contribution in [-0.4, -0.2) is 15.7 Å². The van der Waals surface area contributed by atoms with Crippen molar-refractivity contribution in [2.45, 2.75) is 39.9 Å². The zero-order valence-electron chi connectivity index (χ0n) is 11.1. The molecule has 0 aliphatic heterocycles. The van der Waals surface area contributed by atoms with E-state index in [9.17, 15) is 0 Å². The topological polar surface area (TPSA) is 63.8 Å². The van der Waals surface area contributed by atoms with Gasteiger partial charge in [0, 0.05) is 11.3 Å². The highest BCUT2D eigenvalue weighted by atomic mass is 32.2. The second-order valence-corrected chi connectivity index (χ2v) is 5.49. The fraction of sp³-hybridized carbons (Fsp3) is 0.667. The van der Waals surface area contributed by atoms with Gasteiger partial charge in [-0.25, -0.2) is 15.8 Å². The Balaban J connectivity index is 2.77. The number of aryl methyl sites for hydroxylation is 1. The molecule has 4 nitrogen and oxygen atoms in total. The van der Waals surface area contributed by atoms with Gasteiger partial charge in [-0.05, 0) is 25.0 Å². The largest absolute Gasteiger partial charge is 0.308 e. The van der Waals surface area contributed by atoms with Gasteiger partial charge in [0.05, 0.1) is 5.75 Å². The lowest BCUT2D eigenvalue weighted by Gasteiger charge is -2.11. The van der Waals surface area contributed by atoms with Crippen molar-refractivity contribution in [2.75, 3.05) is 11.2 Å². The summed E-state index contributed by atoms with van der Waals surface area (Å²) in [4.78, 5) is 8.97. The van der Waals surface area contributed by atoms with Crippen molar-refractivity contribution < 1.29 is 0 Å². The molecule has 1 aromatic heterocycles. The summed E-state index contributed by atoms with van der Waals surface area (Å²) in [7, 11) is 0. The Morgan fingerprint density at radius 2 is 2.06 bits per heavy atom. The minimum absolute atomic E-state index is 0.697. The lowest BCUT2D eigenvalue weighted by atomic mass is 10.2. The van der Waals surface area contributed by atoms with E-state index in [0.29, 0.717) is 5.92 Å². The van der Waals surface area contributed by atoms with Gasteiger partial charge in [-0.15, -0.1) is 0 Å². The highest BCUT2D eigenvalue weighted by Crippen LogP contribution is 2.19. The first kappa shape index (κ1) is 14.3. The van der Waals surface area contributed by atoms with Crippen LogP contribution in [0.1, 0.15) is 37.9 Å². The second kappa shape index (κ2) is 6.81. The Bertz CT molecular complexity index is 366. The number of hydrazine groups is 1. The Morgan fingerprint density at radius 1 is 1.35 bits per heavy atom. The van der Waals surface area contributed by atoms with Gasteiger partial charge in [0.1, 0.15) is 11.6 Å². The summed E-state index contributed by atoms with van der Waals surface area (Å²) in [6, 6.07) is 0. The highest BCUT2D eigenvalue weighted by molar-refractivity contribution is 7.98. The van der Waals surface area contributed by atoms with Crippen molar-refractivity contribution in [3.8, 4) is 0 Å². The van der Waals surface area contributed by atoms with E-state index in [1.54, 1.807) is 0 Å². The zero-order chi connectivity index (χ0) is 12.8. The number of hydrogen-bond donors (Lipinski definition) is 2. The van der Waals surface area contributed by atoms with Gasteiger partial charge in [0.25, 0.3) is 0 Å². The third kappa shape index (κ3) is 4.16. The molecule has 96 valence electrons. The molecule has 0 spiro atoms. The fourth-order valence-corrected chi connectivity index (χ4v) is 2.55. The van der Waals surface area contributed by atoms with Gasteiger partial charge >= 0.3 is 0 Å². The van der Waals surface area contributed by atoms with Crippen molar-refractivity contribution in [1.29, 1.82) is 0 Å². The molecule has 0 saturated carbocycles. The third-order valence-corrected chi connectivity index (χ3v) is 3.80. The molecule has 0 saturated heterocycles. The second-order valence-electron chi connectivity index (χ2n) is 4.46. The minimum atomic E-state index is 0.697. The molecule has 3 N–H and O–H groups in total. The van der Waals surface area contributed by atoms with E-state index in [2.05, 4.69) is 36.2 Å². The van der Waals surface area contributed by atoms with Crippen molar-refractivity contribution >= 4 is 17.6 Å². The molecule has 1 heterocycles. The predicted molar refractivity (Wildman–Crippen MR) is 75.0 cm³/mol. The summed E-state index contributed by atoms with van der Waals surface area (Å²) in [5.74, 6) is 9.79. The van der Waals surface area contributed by atoms with Crippen molar-refractivity contribution in [2.24, 2.45) is 11.8 Å². The molecule has 0 aliphatic rings. The molecule has 0 aliphatic carbocycles. The summed E-state index contributed by atoms with van der Waals surface area (Å²) in [6.45, 7) is 8.52. The van der Waals surface area contributed by atoms with Gasteiger partial charge in [0.15, 0.2) is 0 Å². The maximum Gasteiger partial charge on any atom is 0.147 e. The maximum atomic E-state index is 5.49. The molecular formula is C12H22N4S. The molecule has 17 heavy (non-hydrogen) atoms. The molecule has 0 atom stereocenters. The molecule has 0 aromatic carbocycles. The maximum absolute atomic E-state index is 5.49. The van der Waals surface area contributed by atoms with E-state index in [-0.39, 0.29) is 0 Å². The molecule has 0 bridgehead atoms. The minimum Gasteiger partial charge on any atom is -0.308 e. The van der Waals surface area contributed by atoms with Gasteiger partial charge in [-0.2, -0.15) is 11.8 Å². The SMILES string of the molecule is CCc1c(C)nc(CSCC(C)C)nc1NN. The van der Waals surface area contributed by atoms with E-state index in [0.717, 1.165) is 40.8 Å². The molecule has 0 fully saturated rings. The number of hydrogen-bond acceptors (Lipinski definition) is 5. The molecule has 0 unspecified atom stereocenters. The van der Waals surface area contributed by atoms with E-state index in [1.807, 2.05) is 18.7 Å². The van der Waals surface area contributed by atoms with Crippen LogP contribution in [0.25, 0.3) is 0 Å². The number of thioether (sulfide) groups is 1. The number of aromatic nitrogens is 2. The van der Waals surface area contributed by atoms with E-state index in [1.165, 1.54) is 0 Å². The third-order valence-electron chi connectivity index (χ3n) is 2.43. The number of nitrogen functional groups attached to an aromatic ring is 1. The van der Waals surface area contributed by atoms with Gasteiger partial charge in [0.2, 0.25) is 0 Å². The predicted octanol–water partition coefficient (Wildman–Crippen LogP) is 2.52. The van der Waals surface area contributed by atoms with Crippen molar-refractivity contribution in [3.63, 3.8) is 0 Å². The van der Waals surface area contributed by atoms with Crippen LogP contribution >= 0.6 is 11.8 Å². The van der Waals surface area contributed by atoms with Crippen molar-refractivity contribution in [3.05, 3.63) is 17.1 Å². The lowest BCUT2D eigenvalue weighted by molar-refractivity contribution is 0.749. The number of nitrogens with two attached hydrogens (primary N) is 1. The molecule has 1 aromatic rings. The quantitative estimate of drug-likeness (QED) is 0.603. The van der Waals surface area contributed by atoms with Crippen LogP contribution in [0.4, 0.5) is 5.82 Å². The summed E-state index contributed by atoms with van der Waals surface area (Å²) >= 11 is 1.86. The number of anilines is 1. The summed E-state index contributed by atoms with van der Waals surface area (Å²) in [6.07, 6.45) is 0.894. The normalized spacial score (nSPS) is 10.9. The van der Waals surface area contributed by atoms with Crippen LogP contribution in [0.15, 0.2) is 0 Å². The monoisotopic (exact) mass is 254 g/mol. The average molecular weight is 254 g/mol. The van der Waals surface area contributed by atoms with Crippen LogP contribution in [0.3, 0.4) is 0 Å². The molecule has 0 amide bonds. The molecular weight excluding hydrogens is 232 g/mol. The van der Waals surface area contributed by atoms with Gasteiger partial charge in [-0.1, -0.05) is 20.8 Å². The van der Waals surface area contributed by atoms with Gasteiger partial charge < -0.3 is 5.43 Å². The number of rotatable bonds is 6. The fourth-order valence-electron chi connectivity index (χ4n) is 1.65. The number of nitrogens with zero attached hydrogens (tertiary/aromatic N) is 2. The van der Waals surface area contributed by atoms with Crippen molar-refractivity contribution in [1.82, 2.24) is 9.97 Å². The first-order chi connectivity index (χ1) is 8.08. The smallest absolute Gasteiger partial charge is 0.147 e. The van der Waals surface area contributed by atoms with E-state index >= 15 is 0 Å². The average Bonchev–Trinajstić information content (AvgIpc) is 2.27. The summed E-state index contributed by atoms with van der Waals surface area (Å²) < 4.78 is 0. The first-order valence-electron chi connectivity index (χ1n) is 5.99. The summed E-state index contributed by atoms with van der Waals surface area (Å²) in [5.41, 5.74) is 4.79. The number of nitrogens with one attached hydrogen (secondary N) is 1. The van der Waals surface area contributed by atoms with Gasteiger partial charge in [-0.3, -0.25) is 0 Å². The molecule has 5 heteroatoms. The first-order valence-corrected chi connectivity index (χ1v) is 7.14. The molecule has 0 radical (unpaired) electrons. The Morgan fingerprint density at radius 3 is 2.59 bits per heavy atom. The van der Waals surface area contributed by atoms with Crippen LogP contribution in [-0.2, 0) is 12.2 Å². The standard InChI is InChI=1S/C12H22N4S/c1-5-10-9(4)14-11(15-12(10)16-13)7-17-6-8(2)3/h8H,5-7,13H2,1-4H3,(H,14,15,16). The zero-order valence-corrected chi connectivity index (χ0v) is 11.9. The Kier molecular flexibility index (Phi) is 5.71. The lowest BCUT2D eigenvalue weighted by Crippen LogP contribution is -2.14. The Hall–Kier alpha value is -0.810. The van der Waals surface area contributed by atoms with E-state index in [4.69, 9.17) is 5.84 Å². The van der Waals surface area contributed by atoms with E-state index < -0.39 is 0 Å². The van der Waals surface area contributed by atoms with Crippen LogP contribution in [0.2, 0.25) is 0 Å². The van der Waals surface area contributed by atoms with Crippen LogP contribution in [0.5, 0.6) is 0 Å². The molecule has 1 rings (SSSR count). The highest BCUT2D eigenvalue weighted by Gasteiger charge is 2.09. The van der Waals surface area contributed by atoms with Crippen LogP contribution in [0, 0.1) is 12.8 Å². The summed E-state index contributed by atoms with van der Waals surface area (Å²) in [5, 5.41) is 0.